The van der Waals surface area contributed by atoms with E-state index >= 15 is 0 Å². The molecule has 1 fully saturated rings. The number of aromatic nitrogens is 2. The largest absolute Gasteiger partial charge is 0.494 e. The molecule has 10 heteroatoms. The number of para-hydroxylation sites is 1. The second-order valence-electron chi connectivity index (χ2n) is 8.31. The number of hydrogen-bond acceptors (Lipinski definition) is 7. The molecule has 0 aliphatic carbocycles. The lowest BCUT2D eigenvalue weighted by molar-refractivity contribution is 0.0782. The molecule has 36 heavy (non-hydrogen) atoms. The van der Waals surface area contributed by atoms with Crippen molar-refractivity contribution in [2.24, 2.45) is 0 Å². The van der Waals surface area contributed by atoms with Crippen molar-refractivity contribution in [3.8, 4) is 23.1 Å². The van der Waals surface area contributed by atoms with Gasteiger partial charge in [-0.25, -0.2) is 0 Å². The van der Waals surface area contributed by atoms with E-state index in [1.165, 1.54) is 18.8 Å². The second kappa shape index (κ2) is 11.0. The third kappa shape index (κ3) is 4.89. The molecule has 0 radical (unpaired) electrons. The Morgan fingerprint density at radius 3 is 2.50 bits per heavy atom. The predicted molar refractivity (Wildman–Crippen MR) is 135 cm³/mol. The highest BCUT2D eigenvalue weighted by atomic mass is 35.5. The zero-order valence-electron chi connectivity index (χ0n) is 20.4. The molecule has 1 atom stereocenters. The average molecular weight is 514 g/mol. The zero-order chi connectivity index (χ0) is 25.8. The minimum absolute atomic E-state index is 0.0662. The molecule has 0 bridgehead atoms. The second-order valence-corrected chi connectivity index (χ2v) is 8.74. The van der Waals surface area contributed by atoms with Crippen LogP contribution in [0.3, 0.4) is 0 Å². The average Bonchev–Trinajstić information content (AvgIpc) is 3.37. The van der Waals surface area contributed by atoms with Crippen LogP contribution in [0.5, 0.6) is 17.4 Å². The monoisotopic (exact) mass is 513 g/mol. The maximum atomic E-state index is 13.5. The van der Waals surface area contributed by atoms with Gasteiger partial charge >= 0.3 is 0 Å². The van der Waals surface area contributed by atoms with Gasteiger partial charge in [-0.1, -0.05) is 29.8 Å². The van der Waals surface area contributed by atoms with Crippen LogP contribution in [0.4, 0.5) is 0 Å². The number of nitrogens with zero attached hydrogens (tertiary/aromatic N) is 3. The Morgan fingerprint density at radius 2 is 1.86 bits per heavy atom. The van der Waals surface area contributed by atoms with Gasteiger partial charge in [0, 0.05) is 30.6 Å². The molecule has 1 aliphatic heterocycles. The van der Waals surface area contributed by atoms with E-state index in [2.05, 4.69) is 4.98 Å². The van der Waals surface area contributed by atoms with Crippen LogP contribution in [0.1, 0.15) is 41.0 Å². The number of hydrogen-bond donors (Lipinski definition) is 1. The number of benzene rings is 2. The smallest absolute Gasteiger partial charge is 0.289 e. The van der Waals surface area contributed by atoms with Crippen LogP contribution in [-0.2, 0) is 11.3 Å². The number of amides is 1. The Kier molecular flexibility index (Phi) is 7.81. The minimum Gasteiger partial charge on any atom is -0.494 e. The molecule has 1 aromatic heterocycles. The summed E-state index contributed by atoms with van der Waals surface area (Å²) in [7, 11) is 2.94. The summed E-state index contributed by atoms with van der Waals surface area (Å²) in [4.78, 5) is 32.3. The maximum absolute atomic E-state index is 13.5. The molecule has 190 valence electrons. The molecule has 3 aromatic rings. The van der Waals surface area contributed by atoms with Crippen molar-refractivity contribution in [1.29, 1.82) is 0 Å². The quantitative estimate of drug-likeness (QED) is 0.489. The van der Waals surface area contributed by atoms with Gasteiger partial charge < -0.3 is 24.2 Å². The third-order valence-electron chi connectivity index (χ3n) is 6.21. The highest BCUT2D eigenvalue weighted by Gasteiger charge is 2.33. The highest BCUT2D eigenvalue weighted by Crippen LogP contribution is 2.37. The van der Waals surface area contributed by atoms with E-state index in [1.807, 2.05) is 18.2 Å². The Bertz CT molecular complexity index is 1300. The summed E-state index contributed by atoms with van der Waals surface area (Å²) in [6.45, 7) is 2.90. The van der Waals surface area contributed by atoms with Crippen molar-refractivity contribution in [2.75, 3.05) is 33.9 Å². The van der Waals surface area contributed by atoms with Crippen LogP contribution in [-0.4, -0.2) is 59.4 Å². The Morgan fingerprint density at radius 1 is 1.17 bits per heavy atom. The maximum Gasteiger partial charge on any atom is 0.289 e. The first-order chi connectivity index (χ1) is 17.4. The van der Waals surface area contributed by atoms with Crippen LogP contribution in [0.2, 0.25) is 5.02 Å². The molecule has 1 unspecified atom stereocenters. The highest BCUT2D eigenvalue weighted by molar-refractivity contribution is 6.30. The summed E-state index contributed by atoms with van der Waals surface area (Å²) >= 11 is 6.14. The lowest BCUT2D eigenvalue weighted by Crippen LogP contribution is -2.35. The normalized spacial score (nSPS) is 15.2. The van der Waals surface area contributed by atoms with E-state index in [9.17, 15) is 14.7 Å². The minimum atomic E-state index is -0.830. The van der Waals surface area contributed by atoms with E-state index < -0.39 is 22.9 Å². The lowest BCUT2D eigenvalue weighted by Gasteiger charge is -2.22. The van der Waals surface area contributed by atoms with Gasteiger partial charge in [0.1, 0.15) is 29.6 Å². The molecule has 4 rings (SSSR count). The fourth-order valence-corrected chi connectivity index (χ4v) is 4.65. The molecule has 2 aromatic carbocycles. The fraction of sp³-hybridized carbons (Fsp3) is 0.346. The van der Waals surface area contributed by atoms with Crippen LogP contribution >= 0.6 is 11.6 Å². The number of aromatic hydroxyl groups is 1. The first kappa shape index (κ1) is 25.5. The lowest BCUT2D eigenvalue weighted by atomic mass is 9.99. The molecule has 1 aliphatic rings. The Labute approximate surface area is 213 Å². The SMILES string of the molecule is CCOCc1nc(=O)c(C(=O)N2CCC(c3cccc(Cl)c3)C2)c(O)n1-c1c(OC)cccc1OC. The molecular formula is C26H28ClN3O6. The number of carbonyl (C=O) groups excluding carboxylic acids is 1. The van der Waals surface area contributed by atoms with Crippen molar-refractivity contribution in [3.63, 3.8) is 0 Å². The third-order valence-corrected chi connectivity index (χ3v) is 6.44. The molecule has 0 saturated carbocycles. The van der Waals surface area contributed by atoms with Crippen LogP contribution in [0, 0.1) is 0 Å². The standard InChI is InChI=1S/C26H28ClN3O6/c1-4-36-15-21-28-24(31)22(26(33)30(21)23-19(34-2)9-6-10-20(23)35-3)25(32)29-12-11-17(14-29)16-7-5-8-18(27)13-16/h5-10,13,17,33H,4,11-12,14-15H2,1-3H3. The van der Waals surface area contributed by atoms with Crippen molar-refractivity contribution in [3.05, 3.63) is 74.8 Å². The van der Waals surface area contributed by atoms with E-state index in [0.717, 1.165) is 5.56 Å². The Hall–Kier alpha value is -3.56. The van der Waals surface area contributed by atoms with Gasteiger partial charge in [-0.2, -0.15) is 4.98 Å². The van der Waals surface area contributed by atoms with Gasteiger partial charge in [-0.3, -0.25) is 14.2 Å². The number of carbonyl (C=O) groups is 1. The summed E-state index contributed by atoms with van der Waals surface area (Å²) in [6.07, 6.45) is 0.706. The first-order valence-electron chi connectivity index (χ1n) is 11.6. The first-order valence-corrected chi connectivity index (χ1v) is 12.0. The number of halogens is 1. The number of likely N-dealkylation sites (tertiary alicyclic amines) is 1. The molecule has 1 amide bonds. The predicted octanol–water partition coefficient (Wildman–Crippen LogP) is 3.77. The molecule has 9 nitrogen and oxygen atoms in total. The van der Waals surface area contributed by atoms with Crippen molar-refractivity contribution in [1.82, 2.24) is 14.5 Å². The number of rotatable bonds is 8. The van der Waals surface area contributed by atoms with Gasteiger partial charge in [-0.15, -0.1) is 0 Å². The van der Waals surface area contributed by atoms with Gasteiger partial charge in [0.2, 0.25) is 5.88 Å². The topological polar surface area (TPSA) is 103 Å². The van der Waals surface area contributed by atoms with Crippen molar-refractivity contribution >= 4 is 17.5 Å². The number of ether oxygens (including phenoxy) is 3. The van der Waals surface area contributed by atoms with Crippen LogP contribution in [0.15, 0.2) is 47.3 Å². The van der Waals surface area contributed by atoms with Gasteiger partial charge in [0.05, 0.1) is 14.2 Å². The zero-order valence-corrected chi connectivity index (χ0v) is 21.1. The summed E-state index contributed by atoms with van der Waals surface area (Å²) in [5.41, 5.74) is 0.0660. The number of methoxy groups -OCH3 is 2. The fourth-order valence-electron chi connectivity index (χ4n) is 4.45. The molecular weight excluding hydrogens is 486 g/mol. The van der Waals surface area contributed by atoms with Gasteiger partial charge in [-0.05, 0) is 43.2 Å². The van der Waals surface area contributed by atoms with Crippen molar-refractivity contribution < 1.29 is 24.1 Å². The van der Waals surface area contributed by atoms with Gasteiger partial charge in [0.15, 0.2) is 5.56 Å². The van der Waals surface area contributed by atoms with E-state index in [0.29, 0.717) is 48.3 Å². The summed E-state index contributed by atoms with van der Waals surface area (Å²) in [5.74, 6) is -0.265. The van der Waals surface area contributed by atoms with Gasteiger partial charge in [0.25, 0.3) is 11.5 Å². The molecule has 2 heterocycles. The van der Waals surface area contributed by atoms with Crippen molar-refractivity contribution in [2.45, 2.75) is 25.9 Å². The van der Waals surface area contributed by atoms with E-state index in [-0.39, 0.29) is 18.3 Å². The summed E-state index contributed by atoms with van der Waals surface area (Å²) in [5, 5.41) is 12.0. The molecule has 0 spiro atoms. The Balaban J connectivity index is 1.79. The molecule has 1 N–H and O–H groups in total. The molecule has 1 saturated heterocycles. The van der Waals surface area contributed by atoms with Crippen LogP contribution in [0.25, 0.3) is 5.69 Å². The van der Waals surface area contributed by atoms with Crippen LogP contribution < -0.4 is 15.0 Å². The summed E-state index contributed by atoms with van der Waals surface area (Å²) < 4.78 is 17.8. The summed E-state index contributed by atoms with van der Waals surface area (Å²) in [6, 6.07) is 12.6. The van der Waals surface area contributed by atoms with E-state index in [1.54, 1.807) is 36.1 Å². The van der Waals surface area contributed by atoms with E-state index in [4.69, 9.17) is 25.8 Å².